The minimum absolute atomic E-state index is 0.127. The van der Waals surface area contributed by atoms with E-state index in [1.807, 2.05) is 11.8 Å². The molecule has 0 aromatic carbocycles. The first-order valence-corrected chi connectivity index (χ1v) is 7.92. The monoisotopic (exact) mass is 316 g/mol. The minimum atomic E-state index is -0.279. The van der Waals surface area contributed by atoms with E-state index < -0.39 is 0 Å². The van der Waals surface area contributed by atoms with E-state index in [2.05, 4.69) is 0 Å². The highest BCUT2D eigenvalue weighted by molar-refractivity contribution is 5.73. The lowest BCUT2D eigenvalue weighted by atomic mass is 10.1. The molecular weight excluding hydrogens is 284 g/mol. The van der Waals surface area contributed by atoms with E-state index in [0.717, 1.165) is 32.4 Å². The number of nitrogens with two attached hydrogens (primary N) is 2. The summed E-state index contributed by atoms with van der Waals surface area (Å²) in [5.41, 5.74) is 11.2. The number of amides is 2. The van der Waals surface area contributed by atoms with Crippen molar-refractivity contribution >= 4 is 12.0 Å². The molecule has 1 unspecified atom stereocenters. The van der Waals surface area contributed by atoms with Gasteiger partial charge < -0.3 is 26.0 Å². The van der Waals surface area contributed by atoms with Crippen molar-refractivity contribution in [3.63, 3.8) is 0 Å². The van der Waals surface area contributed by atoms with E-state index in [1.165, 1.54) is 4.90 Å². The number of rotatable bonds is 4. The number of likely N-dealkylation sites (tertiary alicyclic amines) is 1. The highest BCUT2D eigenvalue weighted by atomic mass is 16.5. The summed E-state index contributed by atoms with van der Waals surface area (Å²) < 4.78 is 4.78. The zero-order chi connectivity index (χ0) is 17.1. The maximum absolute atomic E-state index is 11.0. The Hall–Kier alpha value is -1.34. The van der Waals surface area contributed by atoms with Crippen LogP contribution in [0.1, 0.15) is 40.0 Å². The van der Waals surface area contributed by atoms with Gasteiger partial charge in [-0.15, -0.1) is 0 Å². The minimum Gasteiger partial charge on any atom is -0.450 e. The Labute approximate surface area is 133 Å². The lowest BCUT2D eigenvalue weighted by Gasteiger charge is -2.28. The summed E-state index contributed by atoms with van der Waals surface area (Å²) in [6.07, 6.45) is 2.44. The molecule has 0 saturated carbocycles. The van der Waals surface area contributed by atoms with Crippen molar-refractivity contribution in [1.82, 2.24) is 9.80 Å². The summed E-state index contributed by atoms with van der Waals surface area (Å²) >= 11 is 0. The van der Waals surface area contributed by atoms with Crippen LogP contribution < -0.4 is 11.5 Å². The summed E-state index contributed by atoms with van der Waals surface area (Å²) in [4.78, 5) is 25.2. The molecule has 1 heterocycles. The van der Waals surface area contributed by atoms with E-state index in [4.69, 9.17) is 16.2 Å². The van der Waals surface area contributed by atoms with Crippen molar-refractivity contribution in [2.45, 2.75) is 52.1 Å². The van der Waals surface area contributed by atoms with E-state index in [1.54, 1.807) is 20.9 Å². The molecule has 7 heteroatoms. The Kier molecular flexibility index (Phi) is 10.6. The topological polar surface area (TPSA) is 102 Å². The van der Waals surface area contributed by atoms with Crippen molar-refractivity contribution in [3.8, 4) is 0 Å². The molecule has 1 aliphatic rings. The largest absolute Gasteiger partial charge is 0.450 e. The SMILES string of the molecule is CC(=O)N1CCC(N)CC1.CCOC(=O)N(C)CCC(C)N. The zero-order valence-electron chi connectivity index (χ0n) is 14.4. The van der Waals surface area contributed by atoms with Gasteiger partial charge in [-0.05, 0) is 33.1 Å². The van der Waals surface area contributed by atoms with Crippen LogP contribution in [0.4, 0.5) is 4.79 Å². The molecule has 2 amide bonds. The van der Waals surface area contributed by atoms with Crippen LogP contribution in [-0.4, -0.2) is 67.2 Å². The lowest BCUT2D eigenvalue weighted by molar-refractivity contribution is -0.129. The van der Waals surface area contributed by atoms with E-state index in [-0.39, 0.29) is 18.0 Å². The predicted molar refractivity (Wildman–Crippen MR) is 87.4 cm³/mol. The Morgan fingerprint density at radius 1 is 1.36 bits per heavy atom. The van der Waals surface area contributed by atoms with Crippen LogP contribution in [0.5, 0.6) is 0 Å². The molecule has 22 heavy (non-hydrogen) atoms. The quantitative estimate of drug-likeness (QED) is 0.797. The molecule has 0 radical (unpaired) electrons. The number of hydrogen-bond acceptors (Lipinski definition) is 5. The van der Waals surface area contributed by atoms with E-state index >= 15 is 0 Å². The Morgan fingerprint density at radius 3 is 2.32 bits per heavy atom. The molecule has 1 atom stereocenters. The average Bonchev–Trinajstić information content (AvgIpc) is 2.46. The maximum Gasteiger partial charge on any atom is 0.409 e. The molecule has 1 aliphatic heterocycles. The van der Waals surface area contributed by atoms with Gasteiger partial charge in [0.25, 0.3) is 0 Å². The fraction of sp³-hybridized carbons (Fsp3) is 0.867. The molecule has 7 nitrogen and oxygen atoms in total. The molecule has 130 valence electrons. The van der Waals surface area contributed by atoms with Crippen LogP contribution in [0.25, 0.3) is 0 Å². The summed E-state index contributed by atoms with van der Waals surface area (Å²) in [7, 11) is 1.71. The average molecular weight is 316 g/mol. The van der Waals surface area contributed by atoms with Gasteiger partial charge in [0, 0.05) is 45.7 Å². The molecule has 0 aliphatic carbocycles. The highest BCUT2D eigenvalue weighted by Gasteiger charge is 2.16. The molecule has 0 aromatic rings. The maximum atomic E-state index is 11.0. The third-order valence-corrected chi connectivity index (χ3v) is 3.48. The molecule has 1 rings (SSSR count). The van der Waals surface area contributed by atoms with Crippen LogP contribution in [-0.2, 0) is 9.53 Å². The second-order valence-corrected chi connectivity index (χ2v) is 5.73. The molecule has 4 N–H and O–H groups in total. The fourth-order valence-corrected chi connectivity index (χ4v) is 1.94. The predicted octanol–water partition coefficient (Wildman–Crippen LogP) is 0.768. The van der Waals surface area contributed by atoms with Gasteiger partial charge in [-0.2, -0.15) is 0 Å². The van der Waals surface area contributed by atoms with Crippen LogP contribution in [0.3, 0.4) is 0 Å². The van der Waals surface area contributed by atoms with Gasteiger partial charge >= 0.3 is 6.09 Å². The van der Waals surface area contributed by atoms with Gasteiger partial charge in [0.15, 0.2) is 0 Å². The van der Waals surface area contributed by atoms with Gasteiger partial charge in [0.1, 0.15) is 0 Å². The van der Waals surface area contributed by atoms with Crippen LogP contribution >= 0.6 is 0 Å². The third-order valence-electron chi connectivity index (χ3n) is 3.48. The number of nitrogens with zero attached hydrogens (tertiary/aromatic N) is 2. The molecule has 0 spiro atoms. The Bertz CT molecular complexity index is 329. The summed E-state index contributed by atoms with van der Waals surface area (Å²) in [6, 6.07) is 0.442. The normalized spacial score (nSPS) is 16.4. The Balaban J connectivity index is 0.000000406. The first-order valence-electron chi connectivity index (χ1n) is 7.92. The van der Waals surface area contributed by atoms with E-state index in [0.29, 0.717) is 19.2 Å². The molecule has 1 saturated heterocycles. The molecule has 1 fully saturated rings. The number of hydrogen-bond donors (Lipinski definition) is 2. The zero-order valence-corrected chi connectivity index (χ0v) is 14.4. The van der Waals surface area contributed by atoms with Gasteiger partial charge in [0.05, 0.1) is 6.61 Å². The van der Waals surface area contributed by atoms with Crippen molar-refractivity contribution < 1.29 is 14.3 Å². The second kappa shape index (κ2) is 11.3. The van der Waals surface area contributed by atoms with Crippen molar-refractivity contribution in [1.29, 1.82) is 0 Å². The van der Waals surface area contributed by atoms with Gasteiger partial charge in [-0.1, -0.05) is 0 Å². The van der Waals surface area contributed by atoms with Crippen LogP contribution in [0.2, 0.25) is 0 Å². The highest BCUT2D eigenvalue weighted by Crippen LogP contribution is 2.07. The molecule has 0 aromatic heterocycles. The van der Waals surface area contributed by atoms with Gasteiger partial charge in [-0.3, -0.25) is 4.79 Å². The number of ether oxygens (including phenoxy) is 1. The number of carbonyl (C=O) groups excluding carboxylic acids is 2. The molecule has 0 bridgehead atoms. The van der Waals surface area contributed by atoms with Crippen molar-refractivity contribution in [2.75, 3.05) is 33.3 Å². The number of piperidine rings is 1. The number of carbonyl (C=O) groups is 2. The lowest BCUT2D eigenvalue weighted by Crippen LogP contribution is -2.41. The van der Waals surface area contributed by atoms with Gasteiger partial charge in [0.2, 0.25) is 5.91 Å². The summed E-state index contributed by atoms with van der Waals surface area (Å²) in [6.45, 7) is 8.07. The summed E-state index contributed by atoms with van der Waals surface area (Å²) in [5.74, 6) is 0.173. The van der Waals surface area contributed by atoms with Crippen LogP contribution in [0, 0.1) is 0 Å². The Morgan fingerprint density at radius 2 is 1.91 bits per heavy atom. The van der Waals surface area contributed by atoms with E-state index in [9.17, 15) is 9.59 Å². The fourth-order valence-electron chi connectivity index (χ4n) is 1.94. The first-order chi connectivity index (χ1) is 10.3. The first kappa shape index (κ1) is 20.7. The smallest absolute Gasteiger partial charge is 0.409 e. The standard InChI is InChI=1S/C8H18N2O2.C7H14N2O/c1-4-12-8(11)10(3)6-5-7(2)9;1-6(10)9-4-2-7(8)3-5-9/h7H,4-6,9H2,1-3H3;7H,2-5,8H2,1H3. The summed E-state index contributed by atoms with van der Waals surface area (Å²) in [5, 5.41) is 0. The van der Waals surface area contributed by atoms with Crippen LogP contribution in [0.15, 0.2) is 0 Å². The second-order valence-electron chi connectivity index (χ2n) is 5.73. The van der Waals surface area contributed by atoms with Crippen molar-refractivity contribution in [2.24, 2.45) is 11.5 Å². The third kappa shape index (κ3) is 9.57. The van der Waals surface area contributed by atoms with Gasteiger partial charge in [-0.25, -0.2) is 4.79 Å². The molecular formula is C15H32N4O3. The van der Waals surface area contributed by atoms with Crippen molar-refractivity contribution in [3.05, 3.63) is 0 Å².